The zero-order chi connectivity index (χ0) is 22.1. The third kappa shape index (κ3) is 7.93. The van der Waals surface area contributed by atoms with Gasteiger partial charge in [-0.1, -0.05) is 12.1 Å². The normalized spacial score (nSPS) is 15.8. The average molecular weight is 558 g/mol. The highest BCUT2D eigenvalue weighted by Gasteiger charge is 2.17. The van der Waals surface area contributed by atoms with E-state index in [1.807, 2.05) is 26.0 Å². The van der Waals surface area contributed by atoms with Crippen molar-refractivity contribution in [2.24, 2.45) is 10.9 Å². The van der Waals surface area contributed by atoms with Crippen molar-refractivity contribution in [2.45, 2.75) is 33.4 Å². The molecule has 2 aromatic rings. The molecule has 1 aliphatic heterocycles. The molecule has 10 nitrogen and oxygen atoms in total. The molecule has 1 unspecified atom stereocenters. The van der Waals surface area contributed by atoms with Crippen molar-refractivity contribution in [1.82, 2.24) is 20.4 Å². The molecule has 11 heteroatoms. The lowest BCUT2D eigenvalue weighted by Crippen LogP contribution is -2.38. The van der Waals surface area contributed by atoms with E-state index < -0.39 is 4.92 Å². The van der Waals surface area contributed by atoms with E-state index in [-0.39, 0.29) is 29.7 Å². The molecule has 0 aliphatic carbocycles. The minimum Gasteiger partial charge on any atom is -0.493 e. The molecule has 0 bridgehead atoms. The van der Waals surface area contributed by atoms with Crippen molar-refractivity contribution < 1.29 is 14.4 Å². The van der Waals surface area contributed by atoms with Crippen molar-refractivity contribution in [3.63, 3.8) is 0 Å². The second kappa shape index (κ2) is 13.2. The summed E-state index contributed by atoms with van der Waals surface area (Å²) in [5.74, 6) is 1.96. The number of guanidine groups is 1. The number of rotatable bonds is 10. The molecule has 0 spiro atoms. The summed E-state index contributed by atoms with van der Waals surface area (Å²) in [5, 5.41) is 21.2. The zero-order valence-corrected chi connectivity index (χ0v) is 20.8. The maximum absolute atomic E-state index is 10.8. The Labute approximate surface area is 204 Å². The first kappa shape index (κ1) is 25.8. The van der Waals surface area contributed by atoms with Gasteiger partial charge in [0.2, 0.25) is 0 Å². The first-order valence-corrected chi connectivity index (χ1v) is 10.5. The van der Waals surface area contributed by atoms with Crippen LogP contribution in [0.5, 0.6) is 5.75 Å². The van der Waals surface area contributed by atoms with Crippen LogP contribution >= 0.6 is 24.0 Å². The number of nitrogens with zero attached hydrogens (tertiary/aromatic N) is 4. The molecule has 2 N–H and O–H groups in total. The predicted octanol–water partition coefficient (Wildman–Crippen LogP) is 2.89. The van der Waals surface area contributed by atoms with E-state index in [1.54, 1.807) is 0 Å². The second-order valence-corrected chi connectivity index (χ2v) is 7.49. The molecule has 0 radical (unpaired) electrons. The Hall–Kier alpha value is -2.41. The average Bonchev–Trinajstić information content (AvgIpc) is 3.43. The number of ether oxygens (including phenoxy) is 2. The molecule has 0 saturated carbocycles. The fraction of sp³-hybridized carbons (Fsp3) is 0.524. The molecule has 32 heavy (non-hydrogen) atoms. The molecule has 1 saturated heterocycles. The number of halogens is 1. The minimum absolute atomic E-state index is 0. The number of aromatic nitrogens is 2. The molecule has 1 fully saturated rings. The molecule has 176 valence electrons. The van der Waals surface area contributed by atoms with Crippen molar-refractivity contribution in [1.29, 1.82) is 0 Å². The molecule has 1 aliphatic rings. The fourth-order valence-electron chi connectivity index (χ4n) is 3.21. The molecule has 1 aromatic heterocycles. The molecule has 2 heterocycles. The fourth-order valence-corrected chi connectivity index (χ4v) is 3.21. The number of aliphatic imine (C=N–C) groups is 1. The Morgan fingerprint density at radius 3 is 2.97 bits per heavy atom. The second-order valence-electron chi connectivity index (χ2n) is 7.49. The highest BCUT2D eigenvalue weighted by Crippen LogP contribution is 2.23. The van der Waals surface area contributed by atoms with Gasteiger partial charge in [-0.25, -0.2) is 4.99 Å². The van der Waals surface area contributed by atoms with E-state index in [0.717, 1.165) is 43.1 Å². The Morgan fingerprint density at radius 1 is 1.44 bits per heavy atom. The predicted molar refractivity (Wildman–Crippen MR) is 133 cm³/mol. The van der Waals surface area contributed by atoms with Gasteiger partial charge in [-0.3, -0.25) is 14.8 Å². The lowest BCUT2D eigenvalue weighted by atomic mass is 10.1. The van der Waals surface area contributed by atoms with Crippen LogP contribution < -0.4 is 15.4 Å². The first-order chi connectivity index (χ1) is 15.0. The van der Waals surface area contributed by atoms with Gasteiger partial charge in [0.05, 0.1) is 31.2 Å². The number of hydrogen-bond donors (Lipinski definition) is 2. The number of nitrogens with one attached hydrogen (secondary N) is 2. The van der Waals surface area contributed by atoms with Crippen LogP contribution in [0.2, 0.25) is 0 Å². The highest BCUT2D eigenvalue weighted by atomic mass is 127. The van der Waals surface area contributed by atoms with E-state index in [1.165, 1.54) is 17.1 Å². The van der Waals surface area contributed by atoms with Crippen molar-refractivity contribution in [2.75, 3.05) is 32.9 Å². The summed E-state index contributed by atoms with van der Waals surface area (Å²) in [6, 6.07) is 6.15. The highest BCUT2D eigenvalue weighted by molar-refractivity contribution is 14.0. The molecule has 3 rings (SSSR count). The Kier molecular flexibility index (Phi) is 10.7. The van der Waals surface area contributed by atoms with Gasteiger partial charge in [-0.05, 0) is 31.9 Å². The van der Waals surface area contributed by atoms with Crippen LogP contribution in [-0.4, -0.2) is 53.6 Å². The van der Waals surface area contributed by atoms with E-state index in [4.69, 9.17) is 9.47 Å². The van der Waals surface area contributed by atoms with Crippen LogP contribution in [0.1, 0.15) is 24.5 Å². The summed E-state index contributed by atoms with van der Waals surface area (Å²) in [6.07, 6.45) is 3.69. The summed E-state index contributed by atoms with van der Waals surface area (Å²) in [5.41, 5.74) is 2.14. The van der Waals surface area contributed by atoms with Gasteiger partial charge < -0.3 is 20.1 Å². The Balaban J connectivity index is 0.00000363. The molecular weight excluding hydrogens is 527 g/mol. The summed E-state index contributed by atoms with van der Waals surface area (Å²) in [7, 11) is 0. The Morgan fingerprint density at radius 2 is 2.28 bits per heavy atom. The number of aryl methyl sites for hydroxylation is 1. The number of benzene rings is 1. The molecule has 1 aromatic carbocycles. The van der Waals surface area contributed by atoms with Crippen LogP contribution in [-0.2, 0) is 17.8 Å². The maximum Gasteiger partial charge on any atom is 0.306 e. The van der Waals surface area contributed by atoms with E-state index in [0.29, 0.717) is 38.1 Å². The van der Waals surface area contributed by atoms with Crippen molar-refractivity contribution >= 4 is 35.6 Å². The van der Waals surface area contributed by atoms with Gasteiger partial charge in [0, 0.05) is 31.2 Å². The van der Waals surface area contributed by atoms with E-state index in [9.17, 15) is 10.1 Å². The Bertz CT molecular complexity index is 898. The van der Waals surface area contributed by atoms with Crippen LogP contribution in [0.4, 0.5) is 5.69 Å². The van der Waals surface area contributed by atoms with E-state index in [2.05, 4.69) is 26.8 Å². The van der Waals surface area contributed by atoms with Gasteiger partial charge in [-0.15, -0.1) is 24.0 Å². The SMILES string of the molecule is CCNC(=NCc1ccc(C)cc1OCC1CCOC1)NCCn1cc([N+](=O)[O-])cn1.I. The lowest BCUT2D eigenvalue weighted by Gasteiger charge is -2.15. The van der Waals surface area contributed by atoms with Crippen LogP contribution in [0.25, 0.3) is 0 Å². The lowest BCUT2D eigenvalue weighted by molar-refractivity contribution is -0.385. The molecule has 0 amide bonds. The minimum atomic E-state index is -0.455. The number of hydrogen-bond acceptors (Lipinski definition) is 6. The topological polar surface area (TPSA) is 116 Å². The summed E-state index contributed by atoms with van der Waals surface area (Å²) < 4.78 is 13.1. The largest absolute Gasteiger partial charge is 0.493 e. The summed E-state index contributed by atoms with van der Waals surface area (Å²) in [4.78, 5) is 15.0. The van der Waals surface area contributed by atoms with Crippen molar-refractivity contribution in [3.05, 3.63) is 51.8 Å². The van der Waals surface area contributed by atoms with E-state index >= 15 is 0 Å². The standard InChI is InChI=1S/C21H30N6O4.HI/c1-3-22-21(23-7-8-26-13-19(12-25-26)27(28)29)24-11-18-5-4-16(2)10-20(18)31-15-17-6-9-30-14-17;/h4-5,10,12-13,17H,3,6-9,11,14-15H2,1-2H3,(H2,22,23,24);1H. The van der Waals surface area contributed by atoms with Gasteiger partial charge in [-0.2, -0.15) is 5.10 Å². The van der Waals surface area contributed by atoms with Gasteiger partial charge in [0.25, 0.3) is 0 Å². The van der Waals surface area contributed by atoms with Gasteiger partial charge >= 0.3 is 5.69 Å². The monoisotopic (exact) mass is 558 g/mol. The number of nitro groups is 1. The maximum atomic E-state index is 10.8. The molecular formula is C21H31IN6O4. The first-order valence-electron chi connectivity index (χ1n) is 10.5. The summed E-state index contributed by atoms with van der Waals surface area (Å²) in [6.45, 7) is 8.47. The van der Waals surface area contributed by atoms with Gasteiger partial charge in [0.15, 0.2) is 5.96 Å². The third-order valence-corrected chi connectivity index (χ3v) is 4.94. The smallest absolute Gasteiger partial charge is 0.306 e. The van der Waals surface area contributed by atoms with Crippen molar-refractivity contribution in [3.8, 4) is 5.75 Å². The zero-order valence-electron chi connectivity index (χ0n) is 18.5. The summed E-state index contributed by atoms with van der Waals surface area (Å²) >= 11 is 0. The quantitative estimate of drug-likeness (QED) is 0.152. The van der Waals surface area contributed by atoms with Gasteiger partial charge in [0.1, 0.15) is 18.1 Å². The van der Waals surface area contributed by atoms with Crippen LogP contribution in [0.3, 0.4) is 0 Å². The molecule has 1 atom stereocenters. The third-order valence-electron chi connectivity index (χ3n) is 4.94. The van der Waals surface area contributed by atoms with Crippen LogP contribution in [0.15, 0.2) is 35.6 Å². The van der Waals surface area contributed by atoms with Crippen LogP contribution in [0, 0.1) is 23.0 Å².